The number of hydrogen-bond donors (Lipinski definition) is 2. The Hall–Kier alpha value is -1.44. The summed E-state index contributed by atoms with van der Waals surface area (Å²) in [6, 6.07) is 0. The maximum Gasteiger partial charge on any atom is 0.151 e. The summed E-state index contributed by atoms with van der Waals surface area (Å²) in [4.78, 5) is 4.18. The first-order chi connectivity index (χ1) is 9.74. The zero-order chi connectivity index (χ0) is 15.4. The van der Waals surface area contributed by atoms with Gasteiger partial charge >= 0.3 is 0 Å². The highest BCUT2D eigenvalue weighted by molar-refractivity contribution is 6.31. The molecule has 7 nitrogen and oxygen atoms in total. The number of aliphatic imine (C=N–C) groups is 1. The number of nitrogens with zero attached hydrogens (tertiary/aromatic N) is 2. The molecule has 3 atom stereocenters. The van der Waals surface area contributed by atoms with Crippen LogP contribution < -0.4 is 5.84 Å². The van der Waals surface area contributed by atoms with Crippen LogP contribution in [0.4, 0.5) is 0 Å². The predicted octanol–water partition coefficient (Wildman–Crippen LogP) is 0.680. The number of aliphatic hydroxyl groups excluding tert-OH is 1. The average Bonchev–Trinajstić information content (AvgIpc) is 2.92. The van der Waals surface area contributed by atoms with Crippen molar-refractivity contribution in [3.05, 3.63) is 12.8 Å². The van der Waals surface area contributed by atoms with Crippen LogP contribution in [0.25, 0.3) is 0 Å². The number of rotatable bonds is 7. The van der Waals surface area contributed by atoms with Gasteiger partial charge in [0, 0.05) is 13.5 Å². The van der Waals surface area contributed by atoms with Gasteiger partial charge in [0.15, 0.2) is 6.23 Å². The minimum Gasteiger partial charge on any atom is -0.495 e. The topological polar surface area (TPSA) is 98.7 Å². The van der Waals surface area contributed by atoms with Crippen molar-refractivity contribution in [1.82, 2.24) is 0 Å². The summed E-state index contributed by atoms with van der Waals surface area (Å²) in [5.74, 6) is 5.18. The molecule has 0 amide bonds. The number of nitrogens with two attached hydrogens (primary N) is 1. The van der Waals surface area contributed by atoms with Crippen molar-refractivity contribution in [2.75, 3.05) is 20.3 Å². The van der Waals surface area contributed by atoms with Crippen molar-refractivity contribution in [2.45, 2.75) is 38.7 Å². The van der Waals surface area contributed by atoms with Crippen LogP contribution in [0.5, 0.6) is 0 Å². The Labute approximate surface area is 120 Å². The Morgan fingerprint density at radius 1 is 1.55 bits per heavy atom. The largest absolute Gasteiger partial charge is 0.495 e. The molecule has 1 saturated heterocycles. The summed E-state index contributed by atoms with van der Waals surface area (Å²) in [6.07, 6.45) is 2.50. The first-order valence-electron chi connectivity index (χ1n) is 6.56. The van der Waals surface area contributed by atoms with Crippen molar-refractivity contribution in [3.63, 3.8) is 0 Å². The third kappa shape index (κ3) is 6.14. The molecule has 3 N–H and O–H groups in total. The molecule has 0 saturated carbocycles. The second-order valence-electron chi connectivity index (χ2n) is 3.70. The van der Waals surface area contributed by atoms with Gasteiger partial charge in [0.2, 0.25) is 0 Å². The van der Waals surface area contributed by atoms with Crippen LogP contribution in [0.1, 0.15) is 20.3 Å². The number of methoxy groups -OCH3 is 1. The van der Waals surface area contributed by atoms with Gasteiger partial charge in [-0.2, -0.15) is 5.10 Å². The van der Waals surface area contributed by atoms with Gasteiger partial charge in [0.1, 0.15) is 18.4 Å². The summed E-state index contributed by atoms with van der Waals surface area (Å²) >= 11 is 0. The molecule has 0 aromatic heterocycles. The molecule has 1 rings (SSSR count). The number of hydrazone groups is 1. The molecule has 0 radical (unpaired) electrons. The second-order valence-corrected chi connectivity index (χ2v) is 3.70. The molecule has 1 heterocycles. The van der Waals surface area contributed by atoms with E-state index in [0.717, 1.165) is 0 Å². The standard InChI is InChI=1S/C11H19N3O4.C2H6/c1-3-17-7-8(14-12)5-13-11-4-9(16-2)10(6-15)18-11;1-2/h3,5,9-11,15H,1,4,6-7,12H2,2H3;1-2H3/b13-5+,14-8+;. The summed E-state index contributed by atoms with van der Waals surface area (Å²) in [7, 11) is 1.58. The van der Waals surface area contributed by atoms with Gasteiger partial charge in [-0.1, -0.05) is 20.4 Å². The van der Waals surface area contributed by atoms with E-state index in [1.807, 2.05) is 13.8 Å². The Balaban J connectivity index is 0.00000172. The van der Waals surface area contributed by atoms with Crippen LogP contribution in [0, 0.1) is 0 Å². The van der Waals surface area contributed by atoms with Crippen LogP contribution in [-0.4, -0.2) is 55.8 Å². The van der Waals surface area contributed by atoms with Crippen molar-refractivity contribution in [1.29, 1.82) is 0 Å². The lowest BCUT2D eigenvalue weighted by molar-refractivity contribution is -0.0318. The Bertz CT molecular complexity index is 309. The molecular weight excluding hydrogens is 262 g/mol. The molecule has 0 aliphatic carbocycles. The lowest BCUT2D eigenvalue weighted by Crippen LogP contribution is -2.26. The highest BCUT2D eigenvalue weighted by Crippen LogP contribution is 2.23. The Morgan fingerprint density at radius 3 is 2.70 bits per heavy atom. The summed E-state index contributed by atoms with van der Waals surface area (Å²) in [6.45, 7) is 7.52. The maximum atomic E-state index is 9.09. The number of aliphatic hydroxyl groups is 1. The van der Waals surface area contributed by atoms with Crippen LogP contribution in [-0.2, 0) is 14.2 Å². The third-order valence-corrected chi connectivity index (χ3v) is 2.57. The van der Waals surface area contributed by atoms with Crippen molar-refractivity contribution < 1.29 is 19.3 Å². The molecule has 0 spiro atoms. The van der Waals surface area contributed by atoms with Crippen molar-refractivity contribution >= 4 is 11.9 Å². The maximum absolute atomic E-state index is 9.09. The minimum atomic E-state index is -0.368. The number of hydrogen-bond acceptors (Lipinski definition) is 7. The monoisotopic (exact) mass is 287 g/mol. The van der Waals surface area contributed by atoms with Gasteiger partial charge in [0.05, 0.1) is 25.2 Å². The van der Waals surface area contributed by atoms with E-state index in [-0.39, 0.29) is 31.6 Å². The quantitative estimate of drug-likeness (QED) is 0.310. The van der Waals surface area contributed by atoms with Crippen LogP contribution >= 0.6 is 0 Å². The fourth-order valence-corrected chi connectivity index (χ4v) is 1.62. The van der Waals surface area contributed by atoms with Gasteiger partial charge in [-0.15, -0.1) is 0 Å². The SMILES string of the molecule is C=COCC(/C=N/C1CC(OC)C(CO)O1)=N/N.CC. The van der Waals surface area contributed by atoms with E-state index in [1.165, 1.54) is 12.5 Å². The summed E-state index contributed by atoms with van der Waals surface area (Å²) in [5, 5.41) is 12.6. The molecule has 7 heteroatoms. The van der Waals surface area contributed by atoms with Gasteiger partial charge in [0.25, 0.3) is 0 Å². The predicted molar refractivity (Wildman–Crippen MR) is 78.8 cm³/mol. The van der Waals surface area contributed by atoms with E-state index >= 15 is 0 Å². The summed E-state index contributed by atoms with van der Waals surface area (Å²) in [5.41, 5.74) is 0.472. The molecule has 0 bridgehead atoms. The summed E-state index contributed by atoms with van der Waals surface area (Å²) < 4.78 is 15.6. The van der Waals surface area contributed by atoms with Gasteiger partial charge in [-0.25, -0.2) is 0 Å². The second kappa shape index (κ2) is 11.4. The molecule has 20 heavy (non-hydrogen) atoms. The third-order valence-electron chi connectivity index (χ3n) is 2.57. The van der Waals surface area contributed by atoms with Gasteiger partial charge in [-0.3, -0.25) is 4.99 Å². The van der Waals surface area contributed by atoms with E-state index < -0.39 is 0 Å². The zero-order valence-electron chi connectivity index (χ0n) is 12.4. The molecular formula is C13H25N3O4. The molecule has 3 unspecified atom stereocenters. The molecule has 1 fully saturated rings. The highest BCUT2D eigenvalue weighted by Gasteiger charge is 2.34. The number of ether oxygens (including phenoxy) is 3. The molecule has 0 aromatic rings. The van der Waals surface area contributed by atoms with Gasteiger partial charge in [-0.05, 0) is 0 Å². The average molecular weight is 287 g/mol. The molecule has 0 aromatic carbocycles. The Kier molecular flexibility index (Phi) is 10.6. The highest BCUT2D eigenvalue weighted by atomic mass is 16.6. The van der Waals surface area contributed by atoms with Crippen molar-refractivity contribution in [3.8, 4) is 0 Å². The van der Waals surface area contributed by atoms with Crippen LogP contribution in [0.15, 0.2) is 22.9 Å². The van der Waals surface area contributed by atoms with E-state index in [4.69, 9.17) is 25.2 Å². The smallest absolute Gasteiger partial charge is 0.151 e. The lowest BCUT2D eigenvalue weighted by Gasteiger charge is -2.12. The van der Waals surface area contributed by atoms with E-state index in [2.05, 4.69) is 16.7 Å². The zero-order valence-corrected chi connectivity index (χ0v) is 12.4. The minimum absolute atomic E-state index is 0.0953. The first kappa shape index (κ1) is 18.6. The van der Waals surface area contributed by atoms with Crippen molar-refractivity contribution in [2.24, 2.45) is 15.9 Å². The Morgan fingerprint density at radius 2 is 2.25 bits per heavy atom. The van der Waals surface area contributed by atoms with E-state index in [0.29, 0.717) is 12.1 Å². The van der Waals surface area contributed by atoms with Crippen LogP contribution in [0.2, 0.25) is 0 Å². The van der Waals surface area contributed by atoms with Gasteiger partial charge < -0.3 is 25.2 Å². The molecule has 1 aliphatic rings. The first-order valence-corrected chi connectivity index (χ1v) is 6.56. The lowest BCUT2D eigenvalue weighted by atomic mass is 10.2. The molecule has 116 valence electrons. The molecule has 1 aliphatic heterocycles. The van der Waals surface area contributed by atoms with E-state index in [9.17, 15) is 0 Å². The fraction of sp³-hybridized carbons (Fsp3) is 0.692. The van der Waals surface area contributed by atoms with Crippen LogP contribution in [0.3, 0.4) is 0 Å². The fourth-order valence-electron chi connectivity index (χ4n) is 1.62. The normalized spacial score (nSPS) is 26.2. The van der Waals surface area contributed by atoms with E-state index in [1.54, 1.807) is 7.11 Å².